The van der Waals surface area contributed by atoms with Crippen molar-refractivity contribution < 1.29 is 9.18 Å². The van der Waals surface area contributed by atoms with Crippen molar-refractivity contribution in [2.24, 2.45) is 0 Å². The summed E-state index contributed by atoms with van der Waals surface area (Å²) in [6, 6.07) is 14.1. The molecular formula is C24H23FN4O2S. The third-order valence-electron chi connectivity index (χ3n) is 5.54. The Morgan fingerprint density at radius 3 is 2.66 bits per heavy atom. The molecule has 32 heavy (non-hydrogen) atoms. The lowest BCUT2D eigenvalue weighted by Crippen LogP contribution is -2.29. The average Bonchev–Trinajstić information content (AvgIpc) is 3.02. The molecule has 0 atom stereocenters. The quantitative estimate of drug-likeness (QED) is 0.443. The zero-order valence-electron chi connectivity index (χ0n) is 18.1. The molecule has 0 bridgehead atoms. The highest BCUT2D eigenvalue weighted by molar-refractivity contribution is 7.98. The van der Waals surface area contributed by atoms with Gasteiger partial charge in [0.1, 0.15) is 12.4 Å². The summed E-state index contributed by atoms with van der Waals surface area (Å²) in [5.74, 6) is -0.626. The first-order chi connectivity index (χ1) is 15.4. The number of benzene rings is 2. The normalized spacial score (nSPS) is 11.1. The zero-order chi connectivity index (χ0) is 22.8. The maximum absolute atomic E-state index is 14.2. The number of anilines is 1. The summed E-state index contributed by atoms with van der Waals surface area (Å²) in [4.78, 5) is 26.7. The highest BCUT2D eigenvalue weighted by Crippen LogP contribution is 2.24. The van der Waals surface area contributed by atoms with Gasteiger partial charge in [-0.25, -0.2) is 9.07 Å². The second-order valence-corrected chi connectivity index (χ2v) is 8.40. The van der Waals surface area contributed by atoms with E-state index in [1.807, 2.05) is 42.9 Å². The number of aromatic nitrogens is 3. The molecule has 1 amide bonds. The molecule has 2 heterocycles. The van der Waals surface area contributed by atoms with E-state index < -0.39 is 0 Å². The number of halogens is 1. The van der Waals surface area contributed by atoms with Crippen molar-refractivity contribution in [2.45, 2.75) is 31.8 Å². The van der Waals surface area contributed by atoms with Gasteiger partial charge in [-0.15, -0.1) is 11.8 Å². The maximum atomic E-state index is 14.2. The molecule has 0 aliphatic heterocycles. The lowest BCUT2D eigenvalue weighted by molar-refractivity contribution is -0.117. The summed E-state index contributed by atoms with van der Waals surface area (Å²) in [5.41, 5.74) is 2.41. The molecule has 4 aromatic rings. The standard InChI is InChI=1S/C24H23FN4O2S/c1-15-20-12-26-29(14-22(30)27-18-8-6-9-19(11-18)32-3)24(31)23(20)16(2)28(15)13-17-7-4-5-10-21(17)25/h4-12H,13-14H2,1-3H3,(H,27,30). The number of carbonyl (C=O) groups excluding carboxylic acids is 1. The number of nitrogens with one attached hydrogen (secondary N) is 1. The Morgan fingerprint density at radius 2 is 1.91 bits per heavy atom. The Labute approximate surface area is 189 Å². The molecule has 1 N–H and O–H groups in total. The van der Waals surface area contributed by atoms with Gasteiger partial charge in [-0.2, -0.15) is 5.10 Å². The van der Waals surface area contributed by atoms with Crippen LogP contribution in [-0.4, -0.2) is 26.5 Å². The average molecular weight is 451 g/mol. The molecule has 0 fully saturated rings. The van der Waals surface area contributed by atoms with Gasteiger partial charge in [0.25, 0.3) is 5.56 Å². The van der Waals surface area contributed by atoms with Crippen LogP contribution in [0.15, 0.2) is 64.4 Å². The van der Waals surface area contributed by atoms with Gasteiger partial charge in [-0.05, 0) is 44.4 Å². The van der Waals surface area contributed by atoms with Crippen LogP contribution in [0.2, 0.25) is 0 Å². The van der Waals surface area contributed by atoms with Crippen LogP contribution in [0, 0.1) is 19.7 Å². The van der Waals surface area contributed by atoms with Crippen molar-refractivity contribution >= 4 is 34.1 Å². The minimum Gasteiger partial charge on any atom is -0.343 e. The number of hydrogen-bond donors (Lipinski definition) is 1. The van der Waals surface area contributed by atoms with E-state index in [2.05, 4.69) is 10.4 Å². The smallest absolute Gasteiger partial charge is 0.276 e. The number of carbonyl (C=O) groups is 1. The molecule has 0 saturated heterocycles. The summed E-state index contributed by atoms with van der Waals surface area (Å²) in [6.45, 7) is 3.82. The SMILES string of the molecule is CSc1cccc(NC(=O)Cn2ncc3c(C)n(Cc4ccccc4F)c(C)c3c2=O)c1. The number of fused-ring (bicyclic) bond motifs is 1. The summed E-state index contributed by atoms with van der Waals surface area (Å²) in [5, 5.41) is 8.22. The van der Waals surface area contributed by atoms with Gasteiger partial charge in [0.05, 0.1) is 18.1 Å². The molecule has 0 spiro atoms. The molecule has 0 unspecified atom stereocenters. The first kappa shape index (κ1) is 21.8. The van der Waals surface area contributed by atoms with E-state index in [1.165, 1.54) is 6.07 Å². The number of nitrogens with zero attached hydrogens (tertiary/aromatic N) is 3. The van der Waals surface area contributed by atoms with Crippen LogP contribution in [0.5, 0.6) is 0 Å². The molecule has 0 aliphatic rings. The highest BCUT2D eigenvalue weighted by Gasteiger charge is 2.18. The van der Waals surface area contributed by atoms with Gasteiger partial charge >= 0.3 is 0 Å². The molecule has 4 rings (SSSR count). The third kappa shape index (κ3) is 4.18. The molecule has 0 radical (unpaired) electrons. The Balaban J connectivity index is 1.63. The molecule has 2 aromatic carbocycles. The number of rotatable bonds is 6. The molecule has 0 aliphatic carbocycles. The summed E-state index contributed by atoms with van der Waals surface area (Å²) in [6.07, 6.45) is 3.56. The van der Waals surface area contributed by atoms with Gasteiger partial charge < -0.3 is 9.88 Å². The van der Waals surface area contributed by atoms with Crippen molar-refractivity contribution in [1.82, 2.24) is 14.3 Å². The van der Waals surface area contributed by atoms with Crippen molar-refractivity contribution in [3.05, 3.63) is 87.9 Å². The van der Waals surface area contributed by atoms with Gasteiger partial charge in [0.15, 0.2) is 0 Å². The minimum absolute atomic E-state index is 0.199. The predicted molar refractivity (Wildman–Crippen MR) is 126 cm³/mol. The Morgan fingerprint density at radius 1 is 1.12 bits per heavy atom. The van der Waals surface area contributed by atoms with E-state index in [4.69, 9.17) is 0 Å². The van der Waals surface area contributed by atoms with Gasteiger partial charge in [-0.3, -0.25) is 9.59 Å². The molecular weight excluding hydrogens is 427 g/mol. The third-order valence-corrected chi connectivity index (χ3v) is 6.26. The summed E-state index contributed by atoms with van der Waals surface area (Å²) >= 11 is 1.58. The summed E-state index contributed by atoms with van der Waals surface area (Å²) in [7, 11) is 0. The Hall–Kier alpha value is -3.39. The Bertz CT molecular complexity index is 1380. The van der Waals surface area contributed by atoms with E-state index in [1.54, 1.807) is 42.2 Å². The fourth-order valence-electron chi connectivity index (χ4n) is 3.83. The molecule has 0 saturated carbocycles. The zero-order valence-corrected chi connectivity index (χ0v) is 18.9. The monoisotopic (exact) mass is 450 g/mol. The minimum atomic E-state index is -0.344. The lowest BCUT2D eigenvalue weighted by atomic mass is 10.2. The van der Waals surface area contributed by atoms with Gasteiger partial charge in [0, 0.05) is 32.9 Å². The first-order valence-electron chi connectivity index (χ1n) is 10.1. The van der Waals surface area contributed by atoms with Crippen molar-refractivity contribution in [3.63, 3.8) is 0 Å². The van der Waals surface area contributed by atoms with Gasteiger partial charge in [-0.1, -0.05) is 24.3 Å². The van der Waals surface area contributed by atoms with E-state index in [9.17, 15) is 14.0 Å². The molecule has 6 nitrogen and oxygen atoms in total. The maximum Gasteiger partial charge on any atom is 0.276 e. The van der Waals surface area contributed by atoms with Crippen molar-refractivity contribution in [3.8, 4) is 0 Å². The van der Waals surface area contributed by atoms with E-state index >= 15 is 0 Å². The molecule has 164 valence electrons. The molecule has 2 aromatic heterocycles. The first-order valence-corrected chi connectivity index (χ1v) is 11.3. The van der Waals surface area contributed by atoms with Crippen LogP contribution < -0.4 is 10.9 Å². The second-order valence-electron chi connectivity index (χ2n) is 7.52. The fourth-order valence-corrected chi connectivity index (χ4v) is 4.29. The van der Waals surface area contributed by atoms with E-state index in [-0.39, 0.29) is 23.8 Å². The van der Waals surface area contributed by atoms with E-state index in [0.29, 0.717) is 28.6 Å². The van der Waals surface area contributed by atoms with Crippen molar-refractivity contribution in [2.75, 3.05) is 11.6 Å². The largest absolute Gasteiger partial charge is 0.343 e. The summed E-state index contributed by atoms with van der Waals surface area (Å²) < 4.78 is 17.2. The van der Waals surface area contributed by atoms with Crippen LogP contribution in [0.4, 0.5) is 10.1 Å². The van der Waals surface area contributed by atoms with Crippen LogP contribution in [0.25, 0.3) is 10.8 Å². The van der Waals surface area contributed by atoms with Crippen molar-refractivity contribution in [1.29, 1.82) is 0 Å². The van der Waals surface area contributed by atoms with Crippen LogP contribution >= 0.6 is 11.8 Å². The van der Waals surface area contributed by atoms with Crippen LogP contribution in [0.3, 0.4) is 0 Å². The second kappa shape index (κ2) is 9.00. The number of hydrogen-bond acceptors (Lipinski definition) is 4. The fraction of sp³-hybridized carbons (Fsp3) is 0.208. The topological polar surface area (TPSA) is 68.9 Å². The van der Waals surface area contributed by atoms with Gasteiger partial charge in [0.2, 0.25) is 5.91 Å². The number of thioether (sulfide) groups is 1. The van der Waals surface area contributed by atoms with E-state index in [0.717, 1.165) is 21.0 Å². The number of amides is 1. The molecule has 8 heteroatoms. The lowest BCUT2D eigenvalue weighted by Gasteiger charge is -2.10. The highest BCUT2D eigenvalue weighted by atomic mass is 32.2. The Kier molecular flexibility index (Phi) is 6.14. The van der Waals surface area contributed by atoms with Crippen LogP contribution in [-0.2, 0) is 17.9 Å². The van der Waals surface area contributed by atoms with Crippen LogP contribution in [0.1, 0.15) is 17.0 Å². The predicted octanol–water partition coefficient (Wildman–Crippen LogP) is 4.36. The number of aryl methyl sites for hydroxylation is 2.